The topological polar surface area (TPSA) is 41.6 Å². The Bertz CT molecular complexity index is 546. The van der Waals surface area contributed by atoms with Crippen molar-refractivity contribution in [3.8, 4) is 0 Å². The molecule has 1 amide bonds. The van der Waals surface area contributed by atoms with Crippen LogP contribution in [0.1, 0.15) is 51.1 Å². The van der Waals surface area contributed by atoms with E-state index in [9.17, 15) is 4.79 Å². The molecule has 0 spiro atoms. The first-order valence-corrected chi connectivity index (χ1v) is 9.73. The number of nitrogens with one attached hydrogen (secondary N) is 1. The molecule has 25 heavy (non-hydrogen) atoms. The van der Waals surface area contributed by atoms with E-state index in [1.807, 2.05) is 0 Å². The van der Waals surface area contributed by atoms with Gasteiger partial charge in [0, 0.05) is 19.8 Å². The minimum atomic E-state index is -0.282. The highest BCUT2D eigenvalue weighted by molar-refractivity contribution is 5.82. The standard InChI is InChI=1S/C21H32N2O2/c1-17-8-12-23(13-9-17)19(18-6-4-3-5-7-18)16-22-20(24)21(2)10-14-25-15-11-21/h3-7,17,19H,8-16H2,1-2H3,(H,22,24)/t19-/m1/s1. The van der Waals surface area contributed by atoms with Gasteiger partial charge < -0.3 is 10.1 Å². The van der Waals surface area contributed by atoms with Crippen LogP contribution in [0.25, 0.3) is 0 Å². The summed E-state index contributed by atoms with van der Waals surface area (Å²) in [5.41, 5.74) is 1.02. The quantitative estimate of drug-likeness (QED) is 0.890. The molecule has 1 atom stereocenters. The summed E-state index contributed by atoms with van der Waals surface area (Å²) in [6.45, 7) is 8.71. The molecule has 1 aromatic carbocycles. The van der Waals surface area contributed by atoms with Crippen molar-refractivity contribution >= 4 is 5.91 Å². The average molecular weight is 344 g/mol. The zero-order chi connectivity index (χ0) is 17.7. The molecule has 2 fully saturated rings. The summed E-state index contributed by atoms with van der Waals surface area (Å²) in [6.07, 6.45) is 4.12. The lowest BCUT2D eigenvalue weighted by molar-refractivity contribution is -0.135. The van der Waals surface area contributed by atoms with Crippen molar-refractivity contribution in [1.82, 2.24) is 10.2 Å². The Hall–Kier alpha value is -1.39. The van der Waals surface area contributed by atoms with Gasteiger partial charge in [-0.15, -0.1) is 0 Å². The van der Waals surface area contributed by atoms with E-state index >= 15 is 0 Å². The Morgan fingerprint density at radius 3 is 2.52 bits per heavy atom. The zero-order valence-corrected chi connectivity index (χ0v) is 15.7. The summed E-state index contributed by atoms with van der Waals surface area (Å²) in [5.74, 6) is 0.991. The summed E-state index contributed by atoms with van der Waals surface area (Å²) in [4.78, 5) is 15.3. The van der Waals surface area contributed by atoms with Crippen molar-refractivity contribution in [2.45, 2.75) is 45.6 Å². The molecule has 0 saturated carbocycles. The van der Waals surface area contributed by atoms with E-state index in [2.05, 4.69) is 54.4 Å². The average Bonchev–Trinajstić information content (AvgIpc) is 2.64. The van der Waals surface area contributed by atoms with Crippen LogP contribution in [0.5, 0.6) is 0 Å². The van der Waals surface area contributed by atoms with Gasteiger partial charge in [-0.1, -0.05) is 44.2 Å². The van der Waals surface area contributed by atoms with E-state index in [0.29, 0.717) is 19.8 Å². The van der Waals surface area contributed by atoms with Gasteiger partial charge in [0.2, 0.25) is 5.91 Å². The fourth-order valence-electron chi connectivity index (χ4n) is 3.92. The maximum Gasteiger partial charge on any atom is 0.226 e. The lowest BCUT2D eigenvalue weighted by Gasteiger charge is -2.38. The lowest BCUT2D eigenvalue weighted by atomic mass is 9.81. The molecule has 1 aromatic rings. The smallest absolute Gasteiger partial charge is 0.226 e. The van der Waals surface area contributed by atoms with Crippen molar-refractivity contribution in [3.63, 3.8) is 0 Å². The van der Waals surface area contributed by atoms with Gasteiger partial charge in [0.15, 0.2) is 0 Å². The van der Waals surface area contributed by atoms with E-state index < -0.39 is 0 Å². The molecule has 138 valence electrons. The Morgan fingerprint density at radius 1 is 1.24 bits per heavy atom. The van der Waals surface area contributed by atoms with Gasteiger partial charge in [-0.3, -0.25) is 9.69 Å². The third-order valence-electron chi connectivity index (χ3n) is 6.04. The van der Waals surface area contributed by atoms with Gasteiger partial charge in [0.1, 0.15) is 0 Å². The summed E-state index contributed by atoms with van der Waals surface area (Å²) in [7, 11) is 0. The number of nitrogens with zero attached hydrogens (tertiary/aromatic N) is 1. The molecular weight excluding hydrogens is 312 g/mol. The Balaban J connectivity index is 1.66. The molecule has 0 aliphatic carbocycles. The van der Waals surface area contributed by atoms with Crippen LogP contribution in [0.4, 0.5) is 0 Å². The van der Waals surface area contributed by atoms with Crippen molar-refractivity contribution in [2.75, 3.05) is 32.8 Å². The first-order valence-electron chi connectivity index (χ1n) is 9.73. The minimum Gasteiger partial charge on any atom is -0.381 e. The number of carbonyl (C=O) groups excluding carboxylic acids is 1. The van der Waals surface area contributed by atoms with Crippen LogP contribution < -0.4 is 5.32 Å². The van der Waals surface area contributed by atoms with Crippen LogP contribution in [0.2, 0.25) is 0 Å². The number of hydrogen-bond acceptors (Lipinski definition) is 3. The molecule has 4 heteroatoms. The van der Waals surface area contributed by atoms with Crippen LogP contribution in [0, 0.1) is 11.3 Å². The second kappa shape index (κ2) is 8.33. The Morgan fingerprint density at radius 2 is 1.88 bits per heavy atom. The van der Waals surface area contributed by atoms with Gasteiger partial charge in [-0.2, -0.15) is 0 Å². The van der Waals surface area contributed by atoms with E-state index in [-0.39, 0.29) is 17.4 Å². The number of ether oxygens (including phenoxy) is 1. The predicted octanol–water partition coefficient (Wildman–Crippen LogP) is 3.39. The molecule has 2 aliphatic heterocycles. The molecule has 0 radical (unpaired) electrons. The highest BCUT2D eigenvalue weighted by atomic mass is 16.5. The van der Waals surface area contributed by atoms with Gasteiger partial charge >= 0.3 is 0 Å². The second-order valence-electron chi connectivity index (χ2n) is 8.03. The molecule has 4 nitrogen and oxygen atoms in total. The molecule has 1 N–H and O–H groups in total. The Labute approximate surface area is 151 Å². The zero-order valence-electron chi connectivity index (χ0n) is 15.7. The fourth-order valence-corrected chi connectivity index (χ4v) is 3.92. The predicted molar refractivity (Wildman–Crippen MR) is 100 cm³/mol. The summed E-state index contributed by atoms with van der Waals surface area (Å²) in [5, 5.41) is 3.26. The molecule has 0 unspecified atom stereocenters. The molecule has 0 aromatic heterocycles. The number of benzene rings is 1. The van der Waals surface area contributed by atoms with E-state index in [4.69, 9.17) is 4.74 Å². The number of carbonyl (C=O) groups is 1. The Kier molecular flexibility index (Phi) is 6.13. The van der Waals surface area contributed by atoms with Crippen LogP contribution >= 0.6 is 0 Å². The number of amides is 1. The summed E-state index contributed by atoms with van der Waals surface area (Å²) in [6, 6.07) is 10.9. The highest BCUT2D eigenvalue weighted by Gasteiger charge is 2.35. The van der Waals surface area contributed by atoms with E-state index in [1.165, 1.54) is 18.4 Å². The first-order chi connectivity index (χ1) is 12.1. The molecule has 2 saturated heterocycles. The summed E-state index contributed by atoms with van der Waals surface area (Å²) >= 11 is 0. The van der Waals surface area contributed by atoms with E-state index in [0.717, 1.165) is 31.8 Å². The molecular formula is C21H32N2O2. The molecule has 0 bridgehead atoms. The monoisotopic (exact) mass is 344 g/mol. The van der Waals surface area contributed by atoms with Gasteiger partial charge in [-0.25, -0.2) is 0 Å². The molecule has 2 aliphatic rings. The van der Waals surface area contributed by atoms with Crippen LogP contribution in [0.15, 0.2) is 30.3 Å². The molecule has 3 rings (SSSR count). The van der Waals surface area contributed by atoms with Crippen LogP contribution in [-0.2, 0) is 9.53 Å². The fraction of sp³-hybridized carbons (Fsp3) is 0.667. The highest BCUT2D eigenvalue weighted by Crippen LogP contribution is 2.31. The third-order valence-corrected chi connectivity index (χ3v) is 6.04. The maximum atomic E-state index is 12.8. The SMILES string of the molecule is CC1CCN([C@H](CNC(=O)C2(C)CCOCC2)c2ccccc2)CC1. The normalized spacial score (nSPS) is 23.1. The van der Waals surface area contributed by atoms with Crippen LogP contribution in [0.3, 0.4) is 0 Å². The lowest BCUT2D eigenvalue weighted by Crippen LogP contribution is -2.47. The molecule has 2 heterocycles. The maximum absolute atomic E-state index is 12.8. The van der Waals surface area contributed by atoms with Gasteiger partial charge in [-0.05, 0) is 50.3 Å². The second-order valence-corrected chi connectivity index (χ2v) is 8.03. The van der Waals surface area contributed by atoms with Crippen molar-refractivity contribution in [3.05, 3.63) is 35.9 Å². The summed E-state index contributed by atoms with van der Waals surface area (Å²) < 4.78 is 5.43. The van der Waals surface area contributed by atoms with E-state index in [1.54, 1.807) is 0 Å². The van der Waals surface area contributed by atoms with Crippen molar-refractivity contribution < 1.29 is 9.53 Å². The first kappa shape index (κ1) is 18.4. The van der Waals surface area contributed by atoms with Gasteiger partial charge in [0.05, 0.1) is 11.5 Å². The van der Waals surface area contributed by atoms with Crippen molar-refractivity contribution in [1.29, 1.82) is 0 Å². The minimum absolute atomic E-state index is 0.183. The van der Waals surface area contributed by atoms with Crippen molar-refractivity contribution in [2.24, 2.45) is 11.3 Å². The number of piperidine rings is 1. The number of likely N-dealkylation sites (tertiary alicyclic amines) is 1. The number of hydrogen-bond donors (Lipinski definition) is 1. The van der Waals surface area contributed by atoms with Gasteiger partial charge in [0.25, 0.3) is 0 Å². The third kappa shape index (κ3) is 4.62. The number of rotatable bonds is 5. The largest absolute Gasteiger partial charge is 0.381 e. The van der Waals surface area contributed by atoms with Crippen LogP contribution in [-0.4, -0.2) is 43.7 Å².